The highest BCUT2D eigenvalue weighted by Crippen LogP contribution is 2.12. The van der Waals surface area contributed by atoms with Crippen LogP contribution in [-0.2, 0) is 0 Å². The number of hydrogen-bond acceptors (Lipinski definition) is 5. The fourth-order valence-corrected chi connectivity index (χ4v) is 1.91. The van der Waals surface area contributed by atoms with Gasteiger partial charge in [-0.3, -0.25) is 4.79 Å². The Morgan fingerprint density at radius 3 is 2.89 bits per heavy atom. The first kappa shape index (κ1) is 12.5. The standard InChI is InChI=1S/C12H14N4OS/c1-2-4-13-11-7-14-10(6-15-11)12(17)16-9-3-5-18-8-9/h3,5-8H,2,4H2,1H3,(H,13,15)(H,16,17). The van der Waals surface area contributed by atoms with E-state index in [-0.39, 0.29) is 5.91 Å². The van der Waals surface area contributed by atoms with Gasteiger partial charge in [-0.05, 0) is 17.9 Å². The van der Waals surface area contributed by atoms with Crippen LogP contribution in [0.2, 0.25) is 0 Å². The van der Waals surface area contributed by atoms with E-state index in [0.29, 0.717) is 11.5 Å². The molecular formula is C12H14N4OS. The van der Waals surface area contributed by atoms with Crippen LogP contribution in [0.4, 0.5) is 11.5 Å². The molecule has 1 amide bonds. The van der Waals surface area contributed by atoms with E-state index >= 15 is 0 Å². The van der Waals surface area contributed by atoms with Gasteiger partial charge in [-0.1, -0.05) is 6.92 Å². The van der Waals surface area contributed by atoms with Gasteiger partial charge in [0.2, 0.25) is 0 Å². The number of amides is 1. The lowest BCUT2D eigenvalue weighted by Crippen LogP contribution is -2.14. The van der Waals surface area contributed by atoms with Crippen LogP contribution < -0.4 is 10.6 Å². The molecule has 94 valence electrons. The number of aromatic nitrogens is 2. The van der Waals surface area contributed by atoms with Gasteiger partial charge in [-0.2, -0.15) is 11.3 Å². The maximum Gasteiger partial charge on any atom is 0.275 e. The van der Waals surface area contributed by atoms with Crippen molar-refractivity contribution in [3.63, 3.8) is 0 Å². The molecule has 0 unspecified atom stereocenters. The highest BCUT2D eigenvalue weighted by molar-refractivity contribution is 7.08. The van der Waals surface area contributed by atoms with Crippen molar-refractivity contribution in [1.29, 1.82) is 0 Å². The van der Waals surface area contributed by atoms with Crippen LogP contribution in [-0.4, -0.2) is 22.4 Å². The molecule has 2 aromatic rings. The number of nitrogens with zero attached hydrogens (tertiary/aromatic N) is 2. The quantitative estimate of drug-likeness (QED) is 0.869. The monoisotopic (exact) mass is 262 g/mol. The van der Waals surface area contributed by atoms with Gasteiger partial charge in [0.25, 0.3) is 5.91 Å². The van der Waals surface area contributed by atoms with Crippen molar-refractivity contribution in [1.82, 2.24) is 9.97 Å². The van der Waals surface area contributed by atoms with Crippen molar-refractivity contribution in [3.05, 3.63) is 34.9 Å². The van der Waals surface area contributed by atoms with Crippen molar-refractivity contribution < 1.29 is 4.79 Å². The predicted octanol–water partition coefficient (Wildman–Crippen LogP) is 2.61. The highest BCUT2D eigenvalue weighted by Gasteiger charge is 2.08. The van der Waals surface area contributed by atoms with Gasteiger partial charge in [0, 0.05) is 11.9 Å². The molecule has 0 atom stereocenters. The van der Waals surface area contributed by atoms with Crippen LogP contribution >= 0.6 is 11.3 Å². The maximum atomic E-state index is 11.8. The molecule has 2 rings (SSSR count). The third-order valence-electron chi connectivity index (χ3n) is 2.22. The van der Waals surface area contributed by atoms with Crippen molar-refractivity contribution in [2.24, 2.45) is 0 Å². The van der Waals surface area contributed by atoms with Gasteiger partial charge < -0.3 is 10.6 Å². The van der Waals surface area contributed by atoms with Gasteiger partial charge in [0.15, 0.2) is 0 Å². The van der Waals surface area contributed by atoms with Gasteiger partial charge in [-0.15, -0.1) is 0 Å². The topological polar surface area (TPSA) is 66.9 Å². The Morgan fingerprint density at radius 1 is 1.39 bits per heavy atom. The molecule has 2 N–H and O–H groups in total. The molecule has 0 aliphatic rings. The van der Waals surface area contributed by atoms with E-state index in [1.54, 1.807) is 6.20 Å². The normalized spacial score (nSPS) is 10.1. The molecule has 0 saturated heterocycles. The van der Waals surface area contributed by atoms with E-state index in [1.807, 2.05) is 16.8 Å². The van der Waals surface area contributed by atoms with E-state index in [2.05, 4.69) is 27.5 Å². The smallest absolute Gasteiger partial charge is 0.275 e. The second kappa shape index (κ2) is 6.11. The summed E-state index contributed by atoms with van der Waals surface area (Å²) in [7, 11) is 0. The lowest BCUT2D eigenvalue weighted by Gasteiger charge is -2.04. The molecule has 0 fully saturated rings. The van der Waals surface area contributed by atoms with Crippen LogP contribution in [0.3, 0.4) is 0 Å². The van der Waals surface area contributed by atoms with Crippen LogP contribution in [0, 0.1) is 0 Å². The Hall–Kier alpha value is -1.95. The van der Waals surface area contributed by atoms with Crippen molar-refractivity contribution in [2.45, 2.75) is 13.3 Å². The van der Waals surface area contributed by atoms with Crippen molar-refractivity contribution in [3.8, 4) is 0 Å². The predicted molar refractivity (Wildman–Crippen MR) is 73.1 cm³/mol. The molecule has 0 aliphatic heterocycles. The molecular weight excluding hydrogens is 248 g/mol. The zero-order valence-corrected chi connectivity index (χ0v) is 10.8. The second-order valence-corrected chi connectivity index (χ2v) is 4.46. The SMILES string of the molecule is CCCNc1cnc(C(=O)Nc2ccsc2)cn1. The van der Waals surface area contributed by atoms with Crippen LogP contribution in [0.5, 0.6) is 0 Å². The summed E-state index contributed by atoms with van der Waals surface area (Å²) in [6.07, 6.45) is 4.06. The van der Waals surface area contributed by atoms with Crippen LogP contribution in [0.15, 0.2) is 29.2 Å². The molecule has 0 aliphatic carbocycles. The maximum absolute atomic E-state index is 11.8. The number of thiophene rings is 1. The van der Waals surface area contributed by atoms with Crippen LogP contribution in [0.1, 0.15) is 23.8 Å². The number of anilines is 2. The third kappa shape index (κ3) is 3.27. The minimum atomic E-state index is -0.247. The van der Waals surface area contributed by atoms with Gasteiger partial charge in [-0.25, -0.2) is 9.97 Å². The van der Waals surface area contributed by atoms with Crippen LogP contribution in [0.25, 0.3) is 0 Å². The summed E-state index contributed by atoms with van der Waals surface area (Å²) in [5, 5.41) is 9.62. The summed E-state index contributed by atoms with van der Waals surface area (Å²) in [4.78, 5) is 20.0. The lowest BCUT2D eigenvalue weighted by atomic mass is 10.4. The third-order valence-corrected chi connectivity index (χ3v) is 2.90. The Morgan fingerprint density at radius 2 is 2.28 bits per heavy atom. The number of hydrogen-bond donors (Lipinski definition) is 2. The molecule has 0 spiro atoms. The summed E-state index contributed by atoms with van der Waals surface area (Å²) >= 11 is 1.53. The molecule has 6 heteroatoms. The van der Waals surface area contributed by atoms with E-state index < -0.39 is 0 Å². The van der Waals surface area contributed by atoms with E-state index in [1.165, 1.54) is 17.5 Å². The summed E-state index contributed by atoms with van der Waals surface area (Å²) in [6.45, 7) is 2.91. The largest absolute Gasteiger partial charge is 0.369 e. The van der Waals surface area contributed by atoms with Gasteiger partial charge >= 0.3 is 0 Å². The molecule has 18 heavy (non-hydrogen) atoms. The molecule has 0 bridgehead atoms. The fraction of sp³-hybridized carbons (Fsp3) is 0.250. The fourth-order valence-electron chi connectivity index (χ4n) is 1.32. The van der Waals surface area contributed by atoms with E-state index in [9.17, 15) is 4.79 Å². The molecule has 0 radical (unpaired) electrons. The number of carbonyl (C=O) groups excluding carboxylic acids is 1. The lowest BCUT2D eigenvalue weighted by molar-refractivity contribution is 0.102. The Balaban J connectivity index is 1.98. The van der Waals surface area contributed by atoms with Gasteiger partial charge in [0.05, 0.1) is 18.1 Å². The summed E-state index contributed by atoms with van der Waals surface area (Å²) in [6, 6.07) is 1.84. The average Bonchev–Trinajstić information content (AvgIpc) is 2.89. The highest BCUT2D eigenvalue weighted by atomic mass is 32.1. The molecule has 0 aromatic carbocycles. The summed E-state index contributed by atoms with van der Waals surface area (Å²) in [5.41, 5.74) is 1.09. The Kier molecular flexibility index (Phi) is 4.25. The first-order valence-corrected chi connectivity index (χ1v) is 6.63. The Labute approximate surface area is 109 Å². The average molecular weight is 262 g/mol. The zero-order chi connectivity index (χ0) is 12.8. The minimum Gasteiger partial charge on any atom is -0.369 e. The first-order chi connectivity index (χ1) is 8.79. The Bertz CT molecular complexity index is 495. The molecule has 2 heterocycles. The van der Waals surface area contributed by atoms with E-state index in [0.717, 1.165) is 18.7 Å². The van der Waals surface area contributed by atoms with E-state index in [4.69, 9.17) is 0 Å². The number of rotatable bonds is 5. The minimum absolute atomic E-state index is 0.247. The molecule has 2 aromatic heterocycles. The number of carbonyl (C=O) groups is 1. The zero-order valence-electron chi connectivity index (χ0n) is 10.0. The molecule has 5 nitrogen and oxygen atoms in total. The number of nitrogens with one attached hydrogen (secondary N) is 2. The van der Waals surface area contributed by atoms with Crippen molar-refractivity contribution in [2.75, 3.05) is 17.2 Å². The second-order valence-electron chi connectivity index (χ2n) is 3.68. The summed E-state index contributed by atoms with van der Waals surface area (Å²) in [5.74, 6) is 0.437. The summed E-state index contributed by atoms with van der Waals surface area (Å²) < 4.78 is 0. The first-order valence-electron chi connectivity index (χ1n) is 5.69. The molecule has 0 saturated carbocycles. The van der Waals surface area contributed by atoms with Crippen molar-refractivity contribution >= 4 is 28.7 Å². The van der Waals surface area contributed by atoms with Gasteiger partial charge in [0.1, 0.15) is 11.5 Å².